The zero-order valence-electron chi connectivity index (χ0n) is 7.61. The molecule has 0 N–H and O–H groups in total. The van der Waals surface area contributed by atoms with Crippen LogP contribution in [0.3, 0.4) is 0 Å². The van der Waals surface area contributed by atoms with Crippen molar-refractivity contribution in [3.63, 3.8) is 0 Å². The Labute approximate surface area is 68.9 Å². The SMILES string of the molecule is CCCCOCCC(C)CF. The van der Waals surface area contributed by atoms with Crippen molar-refractivity contribution in [3.05, 3.63) is 0 Å². The van der Waals surface area contributed by atoms with Gasteiger partial charge in [0.1, 0.15) is 0 Å². The van der Waals surface area contributed by atoms with E-state index in [1.807, 2.05) is 6.92 Å². The Morgan fingerprint density at radius 3 is 2.64 bits per heavy atom. The van der Waals surface area contributed by atoms with E-state index in [1.165, 1.54) is 6.42 Å². The summed E-state index contributed by atoms with van der Waals surface area (Å²) in [5, 5.41) is 0. The molecule has 1 unspecified atom stereocenters. The molecule has 0 aromatic heterocycles. The lowest BCUT2D eigenvalue weighted by atomic mass is 10.1. The molecule has 0 fully saturated rings. The minimum atomic E-state index is -0.225. The first-order chi connectivity index (χ1) is 5.31. The van der Waals surface area contributed by atoms with Crippen LogP contribution in [-0.2, 0) is 4.74 Å². The summed E-state index contributed by atoms with van der Waals surface area (Å²) in [6.45, 7) is 5.36. The Hall–Kier alpha value is -0.110. The van der Waals surface area contributed by atoms with Crippen molar-refractivity contribution < 1.29 is 9.13 Å². The molecule has 0 saturated carbocycles. The van der Waals surface area contributed by atoms with Crippen LogP contribution in [0.25, 0.3) is 0 Å². The van der Waals surface area contributed by atoms with Gasteiger partial charge in [0.2, 0.25) is 0 Å². The average molecular weight is 162 g/mol. The monoisotopic (exact) mass is 162 g/mol. The van der Waals surface area contributed by atoms with Crippen LogP contribution in [0, 0.1) is 5.92 Å². The molecule has 1 atom stereocenters. The number of hydrogen-bond donors (Lipinski definition) is 0. The lowest BCUT2D eigenvalue weighted by Crippen LogP contribution is -2.04. The molecule has 0 radical (unpaired) electrons. The van der Waals surface area contributed by atoms with Gasteiger partial charge in [0, 0.05) is 13.2 Å². The van der Waals surface area contributed by atoms with Crippen LogP contribution in [0.15, 0.2) is 0 Å². The van der Waals surface area contributed by atoms with Crippen LogP contribution in [0.2, 0.25) is 0 Å². The van der Waals surface area contributed by atoms with Crippen LogP contribution in [-0.4, -0.2) is 19.9 Å². The highest BCUT2D eigenvalue weighted by Crippen LogP contribution is 2.02. The van der Waals surface area contributed by atoms with Crippen molar-refractivity contribution in [2.24, 2.45) is 5.92 Å². The summed E-state index contributed by atoms with van der Waals surface area (Å²) in [5.74, 6) is 0.164. The number of alkyl halides is 1. The van der Waals surface area contributed by atoms with Crippen molar-refractivity contribution in [1.82, 2.24) is 0 Å². The normalized spacial score (nSPS) is 13.4. The van der Waals surface area contributed by atoms with Crippen LogP contribution >= 0.6 is 0 Å². The minimum Gasteiger partial charge on any atom is -0.381 e. The maximum Gasteiger partial charge on any atom is 0.0920 e. The maximum atomic E-state index is 11.9. The summed E-state index contributed by atoms with van der Waals surface area (Å²) in [6.07, 6.45) is 3.13. The predicted molar refractivity (Wildman–Crippen MR) is 45.5 cm³/mol. The summed E-state index contributed by atoms with van der Waals surface area (Å²) in [7, 11) is 0. The Kier molecular flexibility index (Phi) is 7.91. The van der Waals surface area contributed by atoms with Gasteiger partial charge in [-0.2, -0.15) is 0 Å². The summed E-state index contributed by atoms with van der Waals surface area (Å²) in [4.78, 5) is 0. The smallest absolute Gasteiger partial charge is 0.0920 e. The topological polar surface area (TPSA) is 9.23 Å². The van der Waals surface area contributed by atoms with Crippen molar-refractivity contribution in [1.29, 1.82) is 0 Å². The molecule has 0 aliphatic heterocycles. The highest BCUT2D eigenvalue weighted by molar-refractivity contribution is 4.48. The molecule has 0 aliphatic carbocycles. The third-order valence-electron chi connectivity index (χ3n) is 1.66. The molecule has 0 aromatic carbocycles. The summed E-state index contributed by atoms with van der Waals surface area (Å²) in [5.41, 5.74) is 0. The number of rotatable bonds is 7. The first-order valence-corrected chi connectivity index (χ1v) is 4.45. The van der Waals surface area contributed by atoms with Crippen molar-refractivity contribution in [3.8, 4) is 0 Å². The van der Waals surface area contributed by atoms with Crippen LogP contribution in [0.5, 0.6) is 0 Å². The quantitative estimate of drug-likeness (QED) is 0.523. The molecule has 0 heterocycles. The van der Waals surface area contributed by atoms with Gasteiger partial charge in [-0.15, -0.1) is 0 Å². The largest absolute Gasteiger partial charge is 0.381 e. The van der Waals surface area contributed by atoms with E-state index in [2.05, 4.69) is 6.92 Å². The zero-order chi connectivity index (χ0) is 8.53. The van der Waals surface area contributed by atoms with Gasteiger partial charge in [0.15, 0.2) is 0 Å². The molecule has 0 saturated heterocycles. The van der Waals surface area contributed by atoms with Crippen LogP contribution in [0.1, 0.15) is 33.1 Å². The number of ether oxygens (including phenoxy) is 1. The van der Waals surface area contributed by atoms with E-state index >= 15 is 0 Å². The van der Waals surface area contributed by atoms with Gasteiger partial charge in [0.05, 0.1) is 6.67 Å². The molecule has 0 amide bonds. The van der Waals surface area contributed by atoms with Crippen molar-refractivity contribution in [2.45, 2.75) is 33.1 Å². The van der Waals surface area contributed by atoms with Gasteiger partial charge in [-0.05, 0) is 18.8 Å². The van der Waals surface area contributed by atoms with Gasteiger partial charge in [-0.3, -0.25) is 4.39 Å². The third kappa shape index (κ3) is 7.79. The number of hydrogen-bond acceptors (Lipinski definition) is 1. The molecule has 2 heteroatoms. The molecule has 1 nitrogen and oxygen atoms in total. The van der Waals surface area contributed by atoms with Crippen LogP contribution in [0.4, 0.5) is 4.39 Å². The maximum absolute atomic E-state index is 11.9. The molecule has 0 spiro atoms. The highest BCUT2D eigenvalue weighted by Gasteiger charge is 1.99. The van der Waals surface area contributed by atoms with Crippen molar-refractivity contribution in [2.75, 3.05) is 19.9 Å². The number of halogens is 1. The molecule has 11 heavy (non-hydrogen) atoms. The lowest BCUT2D eigenvalue weighted by molar-refractivity contribution is 0.115. The predicted octanol–water partition coefficient (Wildman–Crippen LogP) is 2.80. The van der Waals surface area contributed by atoms with Crippen LogP contribution < -0.4 is 0 Å². The van der Waals surface area contributed by atoms with Gasteiger partial charge in [-0.25, -0.2) is 0 Å². The Balaban J connectivity index is 2.89. The Bertz CT molecular complexity index is 76.0. The molecular formula is C9H19FO. The first kappa shape index (κ1) is 10.9. The van der Waals surface area contributed by atoms with Gasteiger partial charge in [-0.1, -0.05) is 20.3 Å². The van der Waals surface area contributed by atoms with Crippen molar-refractivity contribution >= 4 is 0 Å². The fraction of sp³-hybridized carbons (Fsp3) is 1.00. The molecule has 0 aromatic rings. The molecular weight excluding hydrogens is 143 g/mol. The molecule has 0 aliphatic rings. The standard InChI is InChI=1S/C9H19FO/c1-3-4-6-11-7-5-9(2)8-10/h9H,3-8H2,1-2H3. The molecule has 0 rings (SSSR count). The fourth-order valence-electron chi connectivity index (χ4n) is 0.710. The second kappa shape index (κ2) is 7.99. The van der Waals surface area contributed by atoms with Gasteiger partial charge >= 0.3 is 0 Å². The van der Waals surface area contributed by atoms with E-state index in [4.69, 9.17) is 4.74 Å². The lowest BCUT2D eigenvalue weighted by Gasteiger charge is -2.06. The minimum absolute atomic E-state index is 0.164. The van der Waals surface area contributed by atoms with E-state index in [1.54, 1.807) is 0 Å². The molecule has 68 valence electrons. The Morgan fingerprint density at radius 2 is 2.09 bits per heavy atom. The van der Waals surface area contributed by atoms with E-state index < -0.39 is 0 Å². The average Bonchev–Trinajstić information content (AvgIpc) is 2.04. The summed E-state index contributed by atoms with van der Waals surface area (Å²) < 4.78 is 17.2. The zero-order valence-corrected chi connectivity index (χ0v) is 7.61. The summed E-state index contributed by atoms with van der Waals surface area (Å²) >= 11 is 0. The van der Waals surface area contributed by atoms with E-state index in [0.29, 0.717) is 6.61 Å². The first-order valence-electron chi connectivity index (χ1n) is 4.45. The van der Waals surface area contributed by atoms with Gasteiger partial charge < -0.3 is 4.74 Å². The summed E-state index contributed by atoms with van der Waals surface area (Å²) in [6, 6.07) is 0. The van der Waals surface area contributed by atoms with Gasteiger partial charge in [0.25, 0.3) is 0 Å². The molecule has 0 bridgehead atoms. The van der Waals surface area contributed by atoms with E-state index in [0.717, 1.165) is 19.4 Å². The Morgan fingerprint density at radius 1 is 1.36 bits per heavy atom. The van der Waals surface area contributed by atoms with E-state index in [9.17, 15) is 4.39 Å². The third-order valence-corrected chi connectivity index (χ3v) is 1.66. The highest BCUT2D eigenvalue weighted by atomic mass is 19.1. The fourth-order valence-corrected chi connectivity index (χ4v) is 0.710. The number of unbranched alkanes of at least 4 members (excludes halogenated alkanes) is 1. The second-order valence-corrected chi connectivity index (χ2v) is 3.01. The van der Waals surface area contributed by atoms with E-state index in [-0.39, 0.29) is 12.6 Å². The second-order valence-electron chi connectivity index (χ2n) is 3.01.